The van der Waals surface area contributed by atoms with Gasteiger partial charge >= 0.3 is 0 Å². The summed E-state index contributed by atoms with van der Waals surface area (Å²) in [7, 11) is 2.21. The third-order valence-corrected chi connectivity index (χ3v) is 4.85. The number of benzene rings is 1. The van der Waals surface area contributed by atoms with Crippen LogP contribution in [-0.2, 0) is 0 Å². The Labute approximate surface area is 133 Å². The second-order valence-electron chi connectivity index (χ2n) is 6.50. The van der Waals surface area contributed by atoms with Crippen molar-refractivity contribution in [2.75, 3.05) is 52.9 Å². The fourth-order valence-corrected chi connectivity index (χ4v) is 3.37. The highest BCUT2D eigenvalue weighted by Gasteiger charge is 2.28. The van der Waals surface area contributed by atoms with Crippen LogP contribution in [0.4, 0.5) is 4.39 Å². The summed E-state index contributed by atoms with van der Waals surface area (Å²) in [5, 5.41) is 0. The van der Waals surface area contributed by atoms with Crippen molar-refractivity contribution in [1.82, 2.24) is 14.7 Å². The average molecular weight is 303 g/mol. The van der Waals surface area contributed by atoms with Gasteiger partial charge in [-0.3, -0.25) is 9.80 Å². The summed E-state index contributed by atoms with van der Waals surface area (Å²) in [4.78, 5) is 7.58. The highest BCUT2D eigenvalue weighted by Crippen LogP contribution is 2.17. The molecule has 1 aromatic carbocycles. The number of halogens is 1. The Morgan fingerprint density at radius 1 is 1.09 bits per heavy atom. The molecule has 0 radical (unpaired) electrons. The number of hydrogen-bond acceptors (Lipinski definition) is 3. The molecule has 1 aromatic rings. The number of hydrogen-bond donors (Lipinski definition) is 0. The fraction of sp³-hybridized carbons (Fsp3) is 0.556. The number of piperazine rings is 1. The first-order valence-electron chi connectivity index (χ1n) is 8.28. The lowest BCUT2D eigenvalue weighted by molar-refractivity contribution is 0.114. The minimum absolute atomic E-state index is 0.174. The minimum atomic E-state index is -0.174. The number of nitrogens with zero attached hydrogens (tertiary/aromatic N) is 3. The van der Waals surface area contributed by atoms with Gasteiger partial charge in [-0.2, -0.15) is 0 Å². The van der Waals surface area contributed by atoms with Crippen LogP contribution in [0.25, 0.3) is 6.08 Å². The molecule has 0 aromatic heterocycles. The zero-order chi connectivity index (χ0) is 15.4. The summed E-state index contributed by atoms with van der Waals surface area (Å²) < 4.78 is 12.9. The van der Waals surface area contributed by atoms with Gasteiger partial charge < -0.3 is 4.90 Å². The summed E-state index contributed by atoms with van der Waals surface area (Å²) >= 11 is 0. The van der Waals surface area contributed by atoms with Gasteiger partial charge in [-0.05, 0) is 31.2 Å². The molecule has 1 atom stereocenters. The van der Waals surface area contributed by atoms with Crippen molar-refractivity contribution >= 4 is 6.08 Å². The zero-order valence-electron chi connectivity index (χ0n) is 13.4. The van der Waals surface area contributed by atoms with Crippen LogP contribution < -0.4 is 0 Å². The Kier molecular flexibility index (Phi) is 5.24. The number of rotatable bonds is 4. The van der Waals surface area contributed by atoms with Crippen molar-refractivity contribution in [3.8, 4) is 0 Å². The Balaban J connectivity index is 1.44. The zero-order valence-corrected chi connectivity index (χ0v) is 13.4. The molecule has 3 nitrogen and oxygen atoms in total. The topological polar surface area (TPSA) is 9.72 Å². The molecule has 120 valence electrons. The van der Waals surface area contributed by atoms with Crippen LogP contribution in [0.1, 0.15) is 12.0 Å². The highest BCUT2D eigenvalue weighted by molar-refractivity contribution is 5.48. The summed E-state index contributed by atoms with van der Waals surface area (Å²) in [5.74, 6) is -0.174. The summed E-state index contributed by atoms with van der Waals surface area (Å²) in [6.45, 7) is 8.16. The Bertz CT molecular complexity index is 492. The van der Waals surface area contributed by atoms with E-state index in [1.165, 1.54) is 57.8 Å². The van der Waals surface area contributed by atoms with Gasteiger partial charge in [-0.15, -0.1) is 0 Å². The second-order valence-corrected chi connectivity index (χ2v) is 6.50. The van der Waals surface area contributed by atoms with E-state index in [1.807, 2.05) is 12.1 Å². The average Bonchev–Trinajstić information content (AvgIpc) is 2.99. The van der Waals surface area contributed by atoms with Gasteiger partial charge in [0.05, 0.1) is 0 Å². The van der Waals surface area contributed by atoms with Gasteiger partial charge in [0.25, 0.3) is 0 Å². The van der Waals surface area contributed by atoms with Gasteiger partial charge in [0.15, 0.2) is 0 Å². The van der Waals surface area contributed by atoms with Crippen molar-refractivity contribution < 1.29 is 4.39 Å². The number of likely N-dealkylation sites (tertiary alicyclic amines) is 1. The Morgan fingerprint density at radius 2 is 1.82 bits per heavy atom. The van der Waals surface area contributed by atoms with E-state index in [9.17, 15) is 4.39 Å². The molecular weight excluding hydrogens is 277 g/mol. The Hall–Kier alpha value is -1.23. The van der Waals surface area contributed by atoms with Gasteiger partial charge in [-0.25, -0.2) is 4.39 Å². The van der Waals surface area contributed by atoms with Crippen LogP contribution >= 0.6 is 0 Å². The molecular formula is C18H26FN3. The predicted octanol–water partition coefficient (Wildman–Crippen LogP) is 2.16. The molecule has 0 bridgehead atoms. The van der Waals surface area contributed by atoms with Crippen LogP contribution in [0.2, 0.25) is 0 Å². The molecule has 3 rings (SSSR count). The molecule has 0 unspecified atom stereocenters. The number of likely N-dealkylation sites (N-methyl/N-ethyl adjacent to an activating group) is 1. The van der Waals surface area contributed by atoms with Gasteiger partial charge in [-0.1, -0.05) is 24.3 Å². The molecule has 2 saturated heterocycles. The standard InChI is InChI=1S/C18H26FN3/c1-20-11-13-22(14-12-20)18-8-10-21(15-18)9-2-3-16-4-6-17(19)7-5-16/h2-7,18H,8-15H2,1H3/b3-2+/t18-/m1/s1. The van der Waals surface area contributed by atoms with E-state index in [-0.39, 0.29) is 5.82 Å². The van der Waals surface area contributed by atoms with Crippen LogP contribution in [0, 0.1) is 5.82 Å². The monoisotopic (exact) mass is 303 g/mol. The minimum Gasteiger partial charge on any atom is -0.304 e. The quantitative estimate of drug-likeness (QED) is 0.844. The molecule has 2 aliphatic rings. The smallest absolute Gasteiger partial charge is 0.123 e. The van der Waals surface area contributed by atoms with Crippen molar-refractivity contribution in [1.29, 1.82) is 0 Å². The van der Waals surface area contributed by atoms with Crippen molar-refractivity contribution in [2.45, 2.75) is 12.5 Å². The normalized spacial score (nSPS) is 25.3. The summed E-state index contributed by atoms with van der Waals surface area (Å²) in [5.41, 5.74) is 1.07. The van der Waals surface area contributed by atoms with E-state index < -0.39 is 0 Å². The van der Waals surface area contributed by atoms with E-state index in [4.69, 9.17) is 0 Å². The molecule has 22 heavy (non-hydrogen) atoms. The van der Waals surface area contributed by atoms with E-state index in [1.54, 1.807) is 0 Å². The molecule has 0 spiro atoms. The van der Waals surface area contributed by atoms with Crippen LogP contribution in [0.3, 0.4) is 0 Å². The maximum atomic E-state index is 12.9. The summed E-state index contributed by atoms with van der Waals surface area (Å²) in [6.07, 6.45) is 5.57. The van der Waals surface area contributed by atoms with Crippen LogP contribution in [0.5, 0.6) is 0 Å². The molecule has 2 fully saturated rings. The Morgan fingerprint density at radius 3 is 2.55 bits per heavy atom. The first-order chi connectivity index (χ1) is 10.7. The second kappa shape index (κ2) is 7.36. The van der Waals surface area contributed by atoms with Crippen LogP contribution in [0.15, 0.2) is 30.3 Å². The lowest BCUT2D eigenvalue weighted by atomic mass is 10.2. The third-order valence-electron chi connectivity index (χ3n) is 4.85. The SMILES string of the molecule is CN1CCN([C@@H]2CCN(C/C=C/c3ccc(F)cc3)C2)CC1. The molecule has 2 heterocycles. The molecule has 2 aliphatic heterocycles. The van der Waals surface area contributed by atoms with Crippen molar-refractivity contribution in [3.05, 3.63) is 41.7 Å². The highest BCUT2D eigenvalue weighted by atomic mass is 19.1. The molecule has 0 aliphatic carbocycles. The van der Waals surface area contributed by atoms with Gasteiger partial charge in [0.2, 0.25) is 0 Å². The van der Waals surface area contributed by atoms with Gasteiger partial charge in [0.1, 0.15) is 5.82 Å². The lowest BCUT2D eigenvalue weighted by Crippen LogP contribution is -2.49. The van der Waals surface area contributed by atoms with Crippen molar-refractivity contribution in [3.63, 3.8) is 0 Å². The fourth-order valence-electron chi connectivity index (χ4n) is 3.37. The molecule has 0 saturated carbocycles. The maximum Gasteiger partial charge on any atom is 0.123 e. The first-order valence-corrected chi connectivity index (χ1v) is 8.28. The van der Waals surface area contributed by atoms with E-state index >= 15 is 0 Å². The largest absolute Gasteiger partial charge is 0.304 e. The third kappa shape index (κ3) is 4.15. The molecule has 4 heteroatoms. The van der Waals surface area contributed by atoms with E-state index in [0.717, 1.165) is 18.2 Å². The van der Waals surface area contributed by atoms with E-state index in [2.05, 4.69) is 33.9 Å². The van der Waals surface area contributed by atoms with Crippen molar-refractivity contribution in [2.24, 2.45) is 0 Å². The molecule has 0 amide bonds. The maximum absolute atomic E-state index is 12.9. The lowest BCUT2D eigenvalue weighted by Gasteiger charge is -2.36. The van der Waals surface area contributed by atoms with E-state index in [0.29, 0.717) is 0 Å². The predicted molar refractivity (Wildman–Crippen MR) is 89.3 cm³/mol. The first kappa shape index (κ1) is 15.7. The summed E-state index contributed by atoms with van der Waals surface area (Å²) in [6, 6.07) is 7.40. The van der Waals surface area contributed by atoms with Crippen LogP contribution in [-0.4, -0.2) is 73.6 Å². The van der Waals surface area contributed by atoms with Gasteiger partial charge in [0, 0.05) is 51.9 Å². The molecule has 0 N–H and O–H groups in total.